The fourth-order valence-electron chi connectivity index (χ4n) is 3.50. The molecule has 2 aromatic rings. The van der Waals surface area contributed by atoms with E-state index in [1.54, 1.807) is 0 Å². The summed E-state index contributed by atoms with van der Waals surface area (Å²) >= 11 is 0. The number of sulfonamides is 1. The fraction of sp³-hybridized carbons (Fsp3) is 0.455. The topological polar surface area (TPSA) is 109 Å². The predicted molar refractivity (Wildman–Crippen MR) is 121 cm³/mol. The van der Waals surface area contributed by atoms with Gasteiger partial charge >= 0.3 is 6.18 Å². The number of ether oxygens (including phenoxy) is 1. The number of rotatable bonds is 8. The Labute approximate surface area is 200 Å². The number of hydrogen-bond donors (Lipinski definition) is 3. The second-order valence-corrected chi connectivity index (χ2v) is 10.0. The Morgan fingerprint density at radius 3 is 2.51 bits per heavy atom. The molecule has 1 saturated heterocycles. The first-order valence-electron chi connectivity index (χ1n) is 10.8. The fourth-order valence-corrected chi connectivity index (χ4v) is 4.07. The van der Waals surface area contributed by atoms with Gasteiger partial charge in [0, 0.05) is 12.1 Å². The van der Waals surface area contributed by atoms with Crippen LogP contribution in [-0.4, -0.2) is 44.8 Å². The van der Waals surface area contributed by atoms with Crippen LogP contribution < -0.4 is 20.1 Å². The van der Waals surface area contributed by atoms with Crippen molar-refractivity contribution < 1.29 is 35.5 Å². The molecule has 192 valence electrons. The van der Waals surface area contributed by atoms with E-state index >= 15 is 0 Å². The summed E-state index contributed by atoms with van der Waals surface area (Å²) in [5, 5.41) is 5.76. The van der Waals surface area contributed by atoms with Gasteiger partial charge < -0.3 is 15.4 Å². The molecule has 1 aromatic carbocycles. The van der Waals surface area contributed by atoms with Crippen LogP contribution >= 0.6 is 0 Å². The van der Waals surface area contributed by atoms with Gasteiger partial charge in [-0.05, 0) is 62.7 Å². The number of aromatic nitrogens is 1. The lowest BCUT2D eigenvalue weighted by molar-refractivity contribution is -0.141. The van der Waals surface area contributed by atoms with Crippen LogP contribution in [0.2, 0.25) is 0 Å². The minimum atomic E-state index is -4.65. The molecule has 1 aliphatic heterocycles. The lowest BCUT2D eigenvalue weighted by Gasteiger charge is -2.25. The quantitative estimate of drug-likeness (QED) is 0.464. The van der Waals surface area contributed by atoms with E-state index in [9.17, 15) is 30.8 Å². The number of halogens is 4. The SMILES string of the molecule is CC(C(=O)NCc1ccc(C(F)(F)F)nc1OC1CCNCC1)c1ccc(NS(C)(=O)=O)c(F)c1. The van der Waals surface area contributed by atoms with Gasteiger partial charge in [-0.3, -0.25) is 9.52 Å². The van der Waals surface area contributed by atoms with Gasteiger partial charge in [0.1, 0.15) is 17.6 Å². The van der Waals surface area contributed by atoms with Crippen molar-refractivity contribution in [3.05, 3.63) is 53.0 Å². The van der Waals surface area contributed by atoms with Crippen molar-refractivity contribution in [3.8, 4) is 5.88 Å². The summed E-state index contributed by atoms with van der Waals surface area (Å²) in [6, 6.07) is 5.70. The van der Waals surface area contributed by atoms with Crippen LogP contribution in [-0.2, 0) is 27.5 Å². The van der Waals surface area contributed by atoms with E-state index in [1.165, 1.54) is 25.1 Å². The van der Waals surface area contributed by atoms with Crippen molar-refractivity contribution in [1.29, 1.82) is 0 Å². The number of nitrogens with zero attached hydrogens (tertiary/aromatic N) is 1. The molecule has 0 aliphatic carbocycles. The van der Waals surface area contributed by atoms with E-state index in [2.05, 4.69) is 15.6 Å². The molecule has 1 aromatic heterocycles. The minimum Gasteiger partial charge on any atom is -0.474 e. The molecule has 0 spiro atoms. The lowest BCUT2D eigenvalue weighted by atomic mass is 9.99. The predicted octanol–water partition coefficient (Wildman–Crippen LogP) is 3.16. The number of carbonyl (C=O) groups is 1. The second kappa shape index (κ2) is 10.8. The number of amides is 1. The second-order valence-electron chi connectivity index (χ2n) is 8.28. The molecular weight excluding hydrogens is 492 g/mol. The van der Waals surface area contributed by atoms with E-state index in [0.717, 1.165) is 18.4 Å². The van der Waals surface area contributed by atoms with Crippen LogP contribution in [0.3, 0.4) is 0 Å². The maximum absolute atomic E-state index is 14.3. The Hall–Kier alpha value is -2.93. The average molecular weight is 519 g/mol. The van der Waals surface area contributed by atoms with Crippen molar-refractivity contribution in [3.63, 3.8) is 0 Å². The standard InChI is InChI=1S/C22H26F4N4O4S/c1-13(14-3-5-18(17(23)11-14)30-35(2,32)33)20(31)28-12-15-4-6-19(22(24,25)26)29-21(15)34-16-7-9-27-10-8-16/h3-6,11,13,16,27,30H,7-10,12H2,1-2H3,(H,28,31). The zero-order valence-corrected chi connectivity index (χ0v) is 19.9. The van der Waals surface area contributed by atoms with Crippen LogP contribution in [0, 0.1) is 5.82 Å². The van der Waals surface area contributed by atoms with E-state index in [-0.39, 0.29) is 35.3 Å². The van der Waals surface area contributed by atoms with Gasteiger partial charge in [-0.25, -0.2) is 17.8 Å². The first-order chi connectivity index (χ1) is 16.3. The molecule has 1 atom stereocenters. The summed E-state index contributed by atoms with van der Waals surface area (Å²) in [4.78, 5) is 16.3. The number of nitrogens with one attached hydrogen (secondary N) is 3. The van der Waals surface area contributed by atoms with Crippen LogP contribution in [0.25, 0.3) is 0 Å². The molecule has 1 amide bonds. The Morgan fingerprint density at radius 2 is 1.91 bits per heavy atom. The first-order valence-corrected chi connectivity index (χ1v) is 12.7. The molecule has 3 N–H and O–H groups in total. The van der Waals surface area contributed by atoms with Crippen molar-refractivity contribution in [2.45, 2.75) is 44.5 Å². The van der Waals surface area contributed by atoms with Crippen molar-refractivity contribution in [1.82, 2.24) is 15.6 Å². The molecule has 0 radical (unpaired) electrons. The Bertz CT molecular complexity index is 1170. The van der Waals surface area contributed by atoms with Gasteiger partial charge in [-0.15, -0.1) is 0 Å². The highest BCUT2D eigenvalue weighted by atomic mass is 32.2. The third-order valence-corrected chi connectivity index (χ3v) is 6.02. The third kappa shape index (κ3) is 7.52. The normalized spacial score (nSPS) is 15.9. The molecule has 35 heavy (non-hydrogen) atoms. The number of piperidine rings is 1. The van der Waals surface area contributed by atoms with E-state index in [1.807, 2.05) is 4.72 Å². The third-order valence-electron chi connectivity index (χ3n) is 5.43. The number of benzene rings is 1. The molecular formula is C22H26F4N4O4S. The highest BCUT2D eigenvalue weighted by Gasteiger charge is 2.34. The lowest BCUT2D eigenvalue weighted by Crippen LogP contribution is -2.35. The number of alkyl halides is 3. The highest BCUT2D eigenvalue weighted by Crippen LogP contribution is 2.31. The largest absolute Gasteiger partial charge is 0.474 e. The Kier molecular flexibility index (Phi) is 8.21. The van der Waals surface area contributed by atoms with Gasteiger partial charge in [-0.1, -0.05) is 6.07 Å². The summed E-state index contributed by atoms with van der Waals surface area (Å²) in [6.07, 6.45) is -2.85. The number of hydrogen-bond acceptors (Lipinski definition) is 6. The molecule has 13 heteroatoms. The monoisotopic (exact) mass is 518 g/mol. The zero-order chi connectivity index (χ0) is 25.8. The van der Waals surface area contributed by atoms with Gasteiger partial charge in [0.2, 0.25) is 21.8 Å². The number of pyridine rings is 1. The molecule has 1 unspecified atom stereocenters. The maximum atomic E-state index is 14.3. The molecule has 1 fully saturated rings. The smallest absolute Gasteiger partial charge is 0.433 e. The maximum Gasteiger partial charge on any atom is 0.433 e. The molecule has 0 saturated carbocycles. The molecule has 2 heterocycles. The van der Waals surface area contributed by atoms with Crippen LogP contribution in [0.15, 0.2) is 30.3 Å². The van der Waals surface area contributed by atoms with Crippen molar-refractivity contribution in [2.75, 3.05) is 24.1 Å². The van der Waals surface area contributed by atoms with Crippen LogP contribution in [0.1, 0.15) is 42.5 Å². The Morgan fingerprint density at radius 1 is 1.23 bits per heavy atom. The van der Waals surface area contributed by atoms with Crippen molar-refractivity contribution in [2.24, 2.45) is 0 Å². The van der Waals surface area contributed by atoms with Gasteiger partial charge in [0.05, 0.1) is 17.9 Å². The first kappa shape index (κ1) is 26.7. The highest BCUT2D eigenvalue weighted by molar-refractivity contribution is 7.92. The number of carbonyl (C=O) groups excluding carboxylic acids is 1. The zero-order valence-electron chi connectivity index (χ0n) is 19.1. The molecule has 0 bridgehead atoms. The molecule has 8 nitrogen and oxygen atoms in total. The van der Waals surface area contributed by atoms with Gasteiger partial charge in [0.25, 0.3) is 0 Å². The van der Waals surface area contributed by atoms with Crippen LogP contribution in [0.5, 0.6) is 5.88 Å². The summed E-state index contributed by atoms with van der Waals surface area (Å²) in [5.74, 6) is -2.38. The Balaban J connectivity index is 1.72. The van der Waals surface area contributed by atoms with Crippen molar-refractivity contribution >= 4 is 21.6 Å². The summed E-state index contributed by atoms with van der Waals surface area (Å²) in [6.45, 7) is 2.71. The van der Waals surface area contributed by atoms with Crippen LogP contribution in [0.4, 0.5) is 23.2 Å². The van der Waals surface area contributed by atoms with Gasteiger partial charge in [0.15, 0.2) is 0 Å². The van der Waals surface area contributed by atoms with E-state index in [4.69, 9.17) is 4.74 Å². The molecule has 1 aliphatic rings. The summed E-state index contributed by atoms with van der Waals surface area (Å²) < 4.78 is 84.2. The minimum absolute atomic E-state index is 0.148. The van der Waals surface area contributed by atoms with E-state index in [0.29, 0.717) is 25.9 Å². The summed E-state index contributed by atoms with van der Waals surface area (Å²) in [7, 11) is -3.68. The van der Waals surface area contributed by atoms with Gasteiger partial charge in [-0.2, -0.15) is 13.2 Å². The molecule has 3 rings (SSSR count). The average Bonchev–Trinajstić information content (AvgIpc) is 2.78. The summed E-state index contributed by atoms with van der Waals surface area (Å²) in [5.41, 5.74) is -0.783. The number of anilines is 1. The van der Waals surface area contributed by atoms with E-state index < -0.39 is 39.5 Å².